The van der Waals surface area contributed by atoms with Gasteiger partial charge >= 0.3 is 11.9 Å². The molecular formula is C11H6F4N2O. The van der Waals surface area contributed by atoms with Crippen LogP contribution in [0.1, 0.15) is 5.56 Å². The van der Waals surface area contributed by atoms with Gasteiger partial charge in [-0.2, -0.15) is 13.2 Å². The molecule has 0 radical (unpaired) electrons. The number of rotatable bonds is 1. The molecule has 0 atom stereocenters. The Balaban J connectivity index is 2.54. The summed E-state index contributed by atoms with van der Waals surface area (Å²) in [5, 5.41) is 0. The summed E-state index contributed by atoms with van der Waals surface area (Å²) in [6.07, 6.45) is -2.44. The van der Waals surface area contributed by atoms with E-state index in [1.165, 1.54) is 12.3 Å². The van der Waals surface area contributed by atoms with Gasteiger partial charge in [0.2, 0.25) is 0 Å². The summed E-state index contributed by atoms with van der Waals surface area (Å²) in [7, 11) is 0. The van der Waals surface area contributed by atoms with Crippen LogP contribution in [0.5, 0.6) is 0 Å². The van der Waals surface area contributed by atoms with Crippen molar-refractivity contribution in [2.24, 2.45) is 0 Å². The first-order valence-electron chi connectivity index (χ1n) is 4.80. The van der Waals surface area contributed by atoms with Gasteiger partial charge in [-0.25, -0.2) is 14.2 Å². The van der Waals surface area contributed by atoms with E-state index in [2.05, 4.69) is 9.97 Å². The minimum atomic E-state index is -4.77. The molecule has 0 saturated heterocycles. The number of H-pyrrole nitrogens is 1. The lowest BCUT2D eigenvalue weighted by Gasteiger charge is -2.09. The molecule has 0 fully saturated rings. The van der Waals surface area contributed by atoms with E-state index >= 15 is 0 Å². The van der Waals surface area contributed by atoms with Gasteiger partial charge in [0.25, 0.3) is 0 Å². The van der Waals surface area contributed by atoms with Gasteiger partial charge < -0.3 is 4.98 Å². The van der Waals surface area contributed by atoms with Crippen LogP contribution in [-0.2, 0) is 6.18 Å². The third kappa shape index (κ3) is 2.39. The van der Waals surface area contributed by atoms with Gasteiger partial charge in [-0.3, -0.25) is 0 Å². The molecule has 0 aliphatic rings. The Morgan fingerprint density at radius 2 is 1.89 bits per heavy atom. The standard InChI is InChI=1S/C11H6F4N2O/c12-9-2-1-6(3-8(9)11(13,14)15)7-4-16-10(18)17-5-7/h1-5H,(H,16,17,18). The maximum atomic E-state index is 13.1. The molecule has 1 heterocycles. The lowest BCUT2D eigenvalue weighted by Crippen LogP contribution is -2.09. The summed E-state index contributed by atoms with van der Waals surface area (Å²) in [6.45, 7) is 0. The van der Waals surface area contributed by atoms with Crippen LogP contribution in [0.4, 0.5) is 17.6 Å². The first-order chi connectivity index (χ1) is 8.38. The Morgan fingerprint density at radius 1 is 1.17 bits per heavy atom. The number of hydrogen-bond acceptors (Lipinski definition) is 2. The average Bonchev–Trinajstić information content (AvgIpc) is 2.29. The van der Waals surface area contributed by atoms with E-state index in [9.17, 15) is 22.4 Å². The molecule has 0 bridgehead atoms. The number of nitrogens with one attached hydrogen (secondary N) is 1. The van der Waals surface area contributed by atoms with Crippen LogP contribution in [0.25, 0.3) is 11.1 Å². The molecule has 0 unspecified atom stereocenters. The maximum absolute atomic E-state index is 13.1. The van der Waals surface area contributed by atoms with Gasteiger partial charge in [0, 0.05) is 18.0 Å². The second kappa shape index (κ2) is 4.25. The van der Waals surface area contributed by atoms with Crippen LogP contribution >= 0.6 is 0 Å². The van der Waals surface area contributed by atoms with Gasteiger partial charge in [0.15, 0.2) is 0 Å². The van der Waals surface area contributed by atoms with Gasteiger partial charge in [0.05, 0.1) is 5.56 Å². The highest BCUT2D eigenvalue weighted by Gasteiger charge is 2.34. The predicted octanol–water partition coefficient (Wildman–Crippen LogP) is 2.59. The fraction of sp³-hybridized carbons (Fsp3) is 0.0909. The maximum Gasteiger partial charge on any atom is 0.419 e. The fourth-order valence-electron chi connectivity index (χ4n) is 1.42. The van der Waals surface area contributed by atoms with Crippen LogP contribution in [0.2, 0.25) is 0 Å². The lowest BCUT2D eigenvalue weighted by molar-refractivity contribution is -0.139. The fourth-order valence-corrected chi connectivity index (χ4v) is 1.42. The second-order valence-corrected chi connectivity index (χ2v) is 3.50. The van der Waals surface area contributed by atoms with Gasteiger partial charge in [-0.1, -0.05) is 6.07 Å². The molecule has 2 rings (SSSR count). The Morgan fingerprint density at radius 3 is 2.44 bits per heavy atom. The van der Waals surface area contributed by atoms with Crippen molar-refractivity contribution in [3.8, 4) is 11.1 Å². The van der Waals surface area contributed by atoms with Crippen molar-refractivity contribution in [2.75, 3.05) is 0 Å². The molecule has 1 aromatic carbocycles. The van der Waals surface area contributed by atoms with Crippen molar-refractivity contribution in [1.82, 2.24) is 9.97 Å². The summed E-state index contributed by atoms with van der Waals surface area (Å²) in [4.78, 5) is 16.3. The third-order valence-corrected chi connectivity index (χ3v) is 2.28. The lowest BCUT2D eigenvalue weighted by atomic mass is 10.1. The highest BCUT2D eigenvalue weighted by Crippen LogP contribution is 2.33. The second-order valence-electron chi connectivity index (χ2n) is 3.50. The first-order valence-corrected chi connectivity index (χ1v) is 4.80. The van der Waals surface area contributed by atoms with E-state index in [0.29, 0.717) is 6.07 Å². The molecule has 3 nitrogen and oxygen atoms in total. The molecular weight excluding hydrogens is 252 g/mol. The predicted molar refractivity (Wildman–Crippen MR) is 55.3 cm³/mol. The summed E-state index contributed by atoms with van der Waals surface area (Å²) < 4.78 is 50.5. The number of halogens is 4. The molecule has 0 aliphatic carbocycles. The molecule has 0 saturated carbocycles. The van der Waals surface area contributed by atoms with Crippen molar-refractivity contribution in [1.29, 1.82) is 0 Å². The Bertz CT molecular complexity index is 613. The largest absolute Gasteiger partial charge is 0.419 e. The highest BCUT2D eigenvalue weighted by molar-refractivity contribution is 5.62. The highest BCUT2D eigenvalue weighted by atomic mass is 19.4. The Kier molecular flexibility index (Phi) is 2.90. The van der Waals surface area contributed by atoms with E-state index in [-0.39, 0.29) is 11.1 Å². The monoisotopic (exact) mass is 258 g/mol. The zero-order chi connectivity index (χ0) is 13.3. The molecule has 1 aromatic heterocycles. The van der Waals surface area contributed by atoms with E-state index in [1.54, 1.807) is 0 Å². The number of hydrogen-bond donors (Lipinski definition) is 1. The van der Waals surface area contributed by atoms with E-state index in [0.717, 1.165) is 12.3 Å². The summed E-state index contributed by atoms with van der Waals surface area (Å²) in [5.74, 6) is -1.34. The van der Waals surface area contributed by atoms with Crippen molar-refractivity contribution in [3.63, 3.8) is 0 Å². The number of benzene rings is 1. The quantitative estimate of drug-likeness (QED) is 0.799. The van der Waals surface area contributed by atoms with Gasteiger partial charge in [0.1, 0.15) is 5.82 Å². The minimum absolute atomic E-state index is 0.118. The van der Waals surface area contributed by atoms with E-state index < -0.39 is 23.2 Å². The van der Waals surface area contributed by atoms with Crippen LogP contribution in [0, 0.1) is 5.82 Å². The molecule has 0 aliphatic heterocycles. The third-order valence-electron chi connectivity index (χ3n) is 2.28. The summed E-state index contributed by atoms with van der Waals surface area (Å²) in [5.41, 5.74) is -1.59. The summed E-state index contributed by atoms with van der Waals surface area (Å²) >= 11 is 0. The number of aromatic amines is 1. The van der Waals surface area contributed by atoms with Crippen LogP contribution in [0.3, 0.4) is 0 Å². The van der Waals surface area contributed by atoms with E-state index in [1.807, 2.05) is 0 Å². The number of nitrogens with zero attached hydrogens (tertiary/aromatic N) is 1. The van der Waals surface area contributed by atoms with Crippen molar-refractivity contribution < 1.29 is 17.6 Å². The number of aromatic nitrogens is 2. The molecule has 1 N–H and O–H groups in total. The van der Waals surface area contributed by atoms with Crippen molar-refractivity contribution in [2.45, 2.75) is 6.18 Å². The van der Waals surface area contributed by atoms with Crippen LogP contribution < -0.4 is 5.69 Å². The zero-order valence-corrected chi connectivity index (χ0v) is 8.75. The van der Waals surface area contributed by atoms with Crippen molar-refractivity contribution in [3.05, 3.63) is 52.5 Å². The number of alkyl halides is 3. The average molecular weight is 258 g/mol. The zero-order valence-electron chi connectivity index (χ0n) is 8.75. The van der Waals surface area contributed by atoms with Gasteiger partial charge in [-0.05, 0) is 17.7 Å². The minimum Gasteiger partial charge on any atom is -0.312 e. The SMILES string of the molecule is O=c1ncc(-c2ccc(F)c(C(F)(F)F)c2)c[nH]1. The summed E-state index contributed by atoms with van der Waals surface area (Å²) in [6, 6.07) is 2.58. The topological polar surface area (TPSA) is 45.8 Å². The van der Waals surface area contributed by atoms with Crippen molar-refractivity contribution >= 4 is 0 Å². The van der Waals surface area contributed by atoms with Crippen LogP contribution in [-0.4, -0.2) is 9.97 Å². The Labute approximate surface area is 98.1 Å². The van der Waals surface area contributed by atoms with Crippen LogP contribution in [0.15, 0.2) is 35.4 Å². The first kappa shape index (κ1) is 12.3. The molecule has 2 aromatic rings. The molecule has 7 heteroatoms. The van der Waals surface area contributed by atoms with E-state index in [4.69, 9.17) is 0 Å². The van der Waals surface area contributed by atoms with Gasteiger partial charge in [-0.15, -0.1) is 0 Å². The molecule has 94 valence electrons. The molecule has 0 spiro atoms. The normalized spacial score (nSPS) is 11.6. The molecule has 18 heavy (non-hydrogen) atoms. The molecule has 0 amide bonds. The smallest absolute Gasteiger partial charge is 0.312 e. The Hall–Kier alpha value is -2.18.